The highest BCUT2D eigenvalue weighted by molar-refractivity contribution is 5.81. The molecule has 0 unspecified atom stereocenters. The first-order valence-corrected chi connectivity index (χ1v) is 4.09. The molecule has 0 heterocycles. The van der Waals surface area contributed by atoms with Crippen LogP contribution < -0.4 is 5.32 Å². The van der Waals surface area contributed by atoms with E-state index in [-0.39, 0.29) is 5.56 Å². The van der Waals surface area contributed by atoms with Crippen molar-refractivity contribution in [2.24, 2.45) is 0 Å². The molecule has 0 aliphatic rings. The van der Waals surface area contributed by atoms with Gasteiger partial charge in [0, 0.05) is 18.2 Å². The van der Waals surface area contributed by atoms with Crippen molar-refractivity contribution >= 4 is 5.91 Å². The van der Waals surface area contributed by atoms with Crippen molar-refractivity contribution in [1.29, 1.82) is 0 Å². The lowest BCUT2D eigenvalue weighted by Gasteiger charge is -2.08. The topological polar surface area (TPSA) is 29.1 Å². The van der Waals surface area contributed by atoms with Crippen LogP contribution in [0.25, 0.3) is 0 Å². The van der Waals surface area contributed by atoms with Gasteiger partial charge in [-0.15, -0.1) is 0 Å². The fourth-order valence-corrected chi connectivity index (χ4v) is 0.941. The average molecular weight is 239 g/mol. The normalized spacial score (nSPS) is 11.3. The van der Waals surface area contributed by atoms with Crippen molar-refractivity contribution in [2.75, 3.05) is 0 Å². The van der Waals surface area contributed by atoms with E-state index in [0.29, 0.717) is 6.07 Å². The van der Waals surface area contributed by atoms with Gasteiger partial charge in [0.05, 0.1) is 0 Å². The predicted octanol–water partition coefficient (Wildman–Crippen LogP) is 2.14. The zero-order chi connectivity index (χ0) is 12.3. The van der Waals surface area contributed by atoms with Crippen molar-refractivity contribution in [3.8, 4) is 0 Å². The summed E-state index contributed by atoms with van der Waals surface area (Å²) in [6, 6.07) is 2.37. The Labute approximate surface area is 87.1 Å². The molecular weight excluding hydrogens is 233 g/mol. The number of rotatable bonds is 2. The van der Waals surface area contributed by atoms with E-state index in [1.54, 1.807) is 0 Å². The Morgan fingerprint density at radius 2 is 1.88 bits per heavy atom. The third-order valence-corrected chi connectivity index (χ3v) is 1.71. The Bertz CT molecular complexity index is 401. The maximum atomic E-state index is 12.9. The molecule has 0 fully saturated rings. The molecule has 1 rings (SSSR count). The zero-order valence-corrected chi connectivity index (χ0v) is 7.74. The second kappa shape index (κ2) is 4.46. The van der Waals surface area contributed by atoms with Crippen LogP contribution in [0.1, 0.15) is 5.56 Å². The third kappa shape index (κ3) is 3.18. The summed E-state index contributed by atoms with van der Waals surface area (Å²) >= 11 is 0. The lowest BCUT2D eigenvalue weighted by atomic mass is 10.2. The fourth-order valence-electron chi connectivity index (χ4n) is 0.941. The highest BCUT2D eigenvalue weighted by Crippen LogP contribution is 2.15. The van der Waals surface area contributed by atoms with Gasteiger partial charge in [-0.2, -0.15) is 13.2 Å². The number of halogens is 5. The Morgan fingerprint density at radius 3 is 2.38 bits per heavy atom. The van der Waals surface area contributed by atoms with Gasteiger partial charge in [-0.05, 0) is 6.07 Å². The summed E-state index contributed by atoms with van der Waals surface area (Å²) in [5.74, 6) is -4.03. The van der Waals surface area contributed by atoms with Gasteiger partial charge in [-0.1, -0.05) is 6.07 Å². The molecular formula is C9H6F5NO. The maximum absolute atomic E-state index is 12.9. The zero-order valence-electron chi connectivity index (χ0n) is 7.74. The minimum atomic E-state index is -5.02. The van der Waals surface area contributed by atoms with E-state index in [1.165, 1.54) is 5.32 Å². The molecule has 0 atom stereocenters. The van der Waals surface area contributed by atoms with Crippen LogP contribution in [0.15, 0.2) is 18.2 Å². The lowest BCUT2D eigenvalue weighted by Crippen LogP contribution is -2.36. The van der Waals surface area contributed by atoms with Gasteiger partial charge < -0.3 is 5.32 Å². The number of nitrogens with one attached hydrogen (secondary N) is 1. The van der Waals surface area contributed by atoms with Crippen LogP contribution in [0.3, 0.4) is 0 Å². The van der Waals surface area contributed by atoms with Crippen LogP contribution in [0.2, 0.25) is 0 Å². The van der Waals surface area contributed by atoms with Crippen LogP contribution in [0.5, 0.6) is 0 Å². The molecule has 1 N–H and O–H groups in total. The van der Waals surface area contributed by atoms with Crippen LogP contribution in [-0.2, 0) is 11.3 Å². The summed E-state index contributed by atoms with van der Waals surface area (Å²) in [5, 5.41) is 1.47. The van der Waals surface area contributed by atoms with E-state index in [1.807, 2.05) is 0 Å². The van der Waals surface area contributed by atoms with Crippen molar-refractivity contribution in [2.45, 2.75) is 12.7 Å². The fraction of sp³-hybridized carbons (Fsp3) is 0.222. The van der Waals surface area contributed by atoms with Crippen LogP contribution in [0.4, 0.5) is 22.0 Å². The first-order valence-electron chi connectivity index (χ1n) is 4.09. The SMILES string of the molecule is O=C(NCc1ccc(F)cc1F)C(F)(F)F. The molecule has 7 heteroatoms. The molecule has 0 saturated heterocycles. The molecule has 0 bridgehead atoms. The number of hydrogen-bond acceptors (Lipinski definition) is 1. The summed E-state index contributed by atoms with van der Waals surface area (Å²) in [6.45, 7) is -0.648. The molecule has 1 aromatic rings. The second-order valence-electron chi connectivity index (χ2n) is 2.92. The van der Waals surface area contributed by atoms with Gasteiger partial charge in [0.2, 0.25) is 0 Å². The Balaban J connectivity index is 2.65. The quantitative estimate of drug-likeness (QED) is 0.787. The van der Waals surface area contributed by atoms with Gasteiger partial charge in [-0.25, -0.2) is 8.78 Å². The Kier molecular flexibility index (Phi) is 3.46. The van der Waals surface area contributed by atoms with Crippen LogP contribution in [0, 0.1) is 11.6 Å². The smallest absolute Gasteiger partial charge is 0.344 e. The van der Waals surface area contributed by atoms with Gasteiger partial charge >= 0.3 is 12.1 Å². The van der Waals surface area contributed by atoms with Gasteiger partial charge in [-0.3, -0.25) is 4.79 Å². The molecule has 0 aliphatic heterocycles. The van der Waals surface area contributed by atoms with Gasteiger partial charge in [0.1, 0.15) is 11.6 Å². The predicted molar refractivity (Wildman–Crippen MR) is 44.3 cm³/mol. The summed E-state index contributed by atoms with van der Waals surface area (Å²) in [4.78, 5) is 10.4. The third-order valence-electron chi connectivity index (χ3n) is 1.71. The molecule has 1 amide bonds. The lowest BCUT2D eigenvalue weighted by molar-refractivity contribution is -0.173. The molecule has 2 nitrogen and oxygen atoms in total. The van der Waals surface area contributed by atoms with Crippen LogP contribution in [-0.4, -0.2) is 12.1 Å². The summed E-state index contributed by atoms with van der Waals surface area (Å²) in [6.07, 6.45) is -5.02. The van der Waals surface area contributed by atoms with Crippen molar-refractivity contribution in [3.63, 3.8) is 0 Å². The molecule has 88 valence electrons. The van der Waals surface area contributed by atoms with E-state index >= 15 is 0 Å². The summed E-state index contributed by atoms with van der Waals surface area (Å²) in [7, 11) is 0. The minimum absolute atomic E-state index is 0.223. The van der Waals surface area contributed by atoms with Crippen LogP contribution >= 0.6 is 0 Å². The maximum Gasteiger partial charge on any atom is 0.471 e. The monoisotopic (exact) mass is 239 g/mol. The van der Waals surface area contributed by atoms with Crippen molar-refractivity contribution < 1.29 is 26.7 Å². The standard InChI is InChI=1S/C9H6F5NO/c10-6-2-1-5(7(11)3-6)4-15-8(16)9(12,13)14/h1-3H,4H2,(H,15,16). The van der Waals surface area contributed by atoms with Gasteiger partial charge in [0.15, 0.2) is 0 Å². The van der Waals surface area contributed by atoms with E-state index < -0.39 is 30.3 Å². The van der Waals surface area contributed by atoms with Crippen molar-refractivity contribution in [3.05, 3.63) is 35.4 Å². The van der Waals surface area contributed by atoms with E-state index in [4.69, 9.17) is 0 Å². The number of amides is 1. The minimum Gasteiger partial charge on any atom is -0.344 e. The molecule has 0 spiro atoms. The molecule has 0 aliphatic carbocycles. The average Bonchev–Trinajstić information content (AvgIpc) is 2.14. The molecule has 0 radical (unpaired) electrons. The number of hydrogen-bond donors (Lipinski definition) is 1. The molecule has 16 heavy (non-hydrogen) atoms. The Hall–Kier alpha value is -1.66. The number of alkyl halides is 3. The highest BCUT2D eigenvalue weighted by atomic mass is 19.4. The first-order chi connectivity index (χ1) is 7.30. The van der Waals surface area contributed by atoms with Gasteiger partial charge in [0.25, 0.3) is 0 Å². The van der Waals surface area contributed by atoms with E-state index in [9.17, 15) is 26.7 Å². The number of carbonyl (C=O) groups is 1. The summed E-state index contributed by atoms with van der Waals surface area (Å²) < 4.78 is 60.6. The Morgan fingerprint density at radius 1 is 1.25 bits per heavy atom. The van der Waals surface area contributed by atoms with E-state index in [0.717, 1.165) is 12.1 Å². The van der Waals surface area contributed by atoms with Crippen molar-refractivity contribution in [1.82, 2.24) is 5.32 Å². The molecule has 0 aromatic heterocycles. The molecule has 0 saturated carbocycles. The summed E-state index contributed by atoms with van der Waals surface area (Å²) in [5.41, 5.74) is -0.223. The highest BCUT2D eigenvalue weighted by Gasteiger charge is 2.38. The number of carbonyl (C=O) groups excluding carboxylic acids is 1. The molecule has 1 aromatic carbocycles. The first kappa shape index (κ1) is 12.4. The second-order valence-corrected chi connectivity index (χ2v) is 2.92. The largest absolute Gasteiger partial charge is 0.471 e. The van der Waals surface area contributed by atoms with E-state index in [2.05, 4.69) is 0 Å². The number of benzene rings is 1.